The maximum atomic E-state index is 12.0. The minimum absolute atomic E-state index is 0.0171. The van der Waals surface area contributed by atoms with Crippen LogP contribution in [0.2, 0.25) is 0 Å². The molecule has 2 heterocycles. The van der Waals surface area contributed by atoms with E-state index in [0.717, 1.165) is 4.57 Å². The van der Waals surface area contributed by atoms with Crippen molar-refractivity contribution in [3.8, 4) is 0 Å². The smallest absolute Gasteiger partial charge is 0.383 e. The van der Waals surface area contributed by atoms with Crippen LogP contribution < -0.4 is 11.4 Å². The first kappa shape index (κ1) is 25.1. The second kappa shape index (κ2) is 9.51. The molecule has 0 amide bonds. The van der Waals surface area contributed by atoms with Crippen LogP contribution in [0.15, 0.2) is 29.2 Å². The Bertz CT molecular complexity index is 990. The number of nitrogens with zero attached hydrogens (tertiary/aromatic N) is 2. The van der Waals surface area contributed by atoms with Crippen LogP contribution in [0.4, 0.5) is 5.82 Å². The monoisotopic (exact) mass is 491 g/mol. The zero-order valence-corrected chi connectivity index (χ0v) is 18.0. The summed E-state index contributed by atoms with van der Waals surface area (Å²) in [6.45, 7) is 1.08. The van der Waals surface area contributed by atoms with Gasteiger partial charge in [-0.25, -0.2) is 18.5 Å². The van der Waals surface area contributed by atoms with Gasteiger partial charge >= 0.3 is 29.2 Å². The van der Waals surface area contributed by atoms with Gasteiger partial charge in [0.1, 0.15) is 12.0 Å². The van der Waals surface area contributed by atoms with Gasteiger partial charge in [0, 0.05) is 18.5 Å². The van der Waals surface area contributed by atoms with Gasteiger partial charge in [0.25, 0.3) is 0 Å². The maximum absolute atomic E-state index is 12.0. The summed E-state index contributed by atoms with van der Waals surface area (Å²) in [4.78, 5) is 51.4. The van der Waals surface area contributed by atoms with E-state index in [2.05, 4.69) is 18.1 Å². The van der Waals surface area contributed by atoms with Gasteiger partial charge in [0.15, 0.2) is 0 Å². The molecule has 18 heteroatoms. The molecular formula is C12H20N3O12P3. The molecule has 1 aliphatic rings. The molecule has 0 bridgehead atoms. The van der Waals surface area contributed by atoms with Crippen LogP contribution in [0.25, 0.3) is 0 Å². The number of anilines is 1. The summed E-state index contributed by atoms with van der Waals surface area (Å²) in [6, 6.07) is 1.38. The molecule has 15 nitrogen and oxygen atoms in total. The third-order valence-electron chi connectivity index (χ3n) is 3.70. The molecule has 6 N–H and O–H groups in total. The number of nitrogen functional groups attached to an aromatic ring is 1. The standard InChI is InChI=1S/C12H20N3O12P3/c1-2-3-8-6-11(15-5-4-10(13)14-12(15)16)25-9(8)7-24-29(20,21)27-30(22,23)26-28(17,18)19/h2-5,8-9,11H,6-7H2,1H3,(H,20,21)(H,22,23)(H2,13,14,16)(H2,17,18,19)/b3-2+/t8?,9-,11-/m1/s1. The average Bonchev–Trinajstić information content (AvgIpc) is 2.92. The Kier molecular flexibility index (Phi) is 7.94. The molecule has 1 saturated heterocycles. The fraction of sp³-hybridized carbons (Fsp3) is 0.500. The van der Waals surface area contributed by atoms with Crippen LogP contribution in [0.3, 0.4) is 0 Å². The van der Waals surface area contributed by atoms with Crippen LogP contribution in [0, 0.1) is 5.92 Å². The van der Waals surface area contributed by atoms with Gasteiger partial charge in [-0.2, -0.15) is 13.6 Å². The van der Waals surface area contributed by atoms with Crippen molar-refractivity contribution in [2.75, 3.05) is 12.3 Å². The molecule has 0 radical (unpaired) electrons. The van der Waals surface area contributed by atoms with Crippen molar-refractivity contribution < 1.29 is 51.2 Å². The predicted octanol–water partition coefficient (Wildman–Crippen LogP) is 0.649. The maximum Gasteiger partial charge on any atom is 0.490 e. The zero-order valence-electron chi connectivity index (χ0n) is 15.3. The Labute approximate surface area is 169 Å². The molecule has 1 aliphatic heterocycles. The highest BCUT2D eigenvalue weighted by atomic mass is 31.3. The summed E-state index contributed by atoms with van der Waals surface area (Å²) in [5.41, 5.74) is 4.77. The van der Waals surface area contributed by atoms with Crippen molar-refractivity contribution in [1.82, 2.24) is 9.55 Å². The van der Waals surface area contributed by atoms with Crippen LogP contribution in [-0.2, 0) is 31.6 Å². The Hall–Kier alpha value is -1.21. The molecule has 3 unspecified atom stereocenters. The SMILES string of the molecule is C/C=C/C1C[C@H](n2ccc(N)nc2=O)O[C@@H]1COP(=O)(O)OP(=O)(O)OP(=O)(O)O. The average molecular weight is 491 g/mol. The van der Waals surface area contributed by atoms with Crippen molar-refractivity contribution in [3.63, 3.8) is 0 Å². The number of phosphoric ester groups is 1. The van der Waals surface area contributed by atoms with Crippen molar-refractivity contribution >= 4 is 29.3 Å². The van der Waals surface area contributed by atoms with Gasteiger partial charge < -0.3 is 30.0 Å². The second-order valence-corrected chi connectivity index (χ2v) is 10.4. The summed E-state index contributed by atoms with van der Waals surface area (Å²) in [6.07, 6.45) is 3.31. The third-order valence-corrected chi connectivity index (χ3v) is 7.51. The zero-order chi connectivity index (χ0) is 22.7. The fourth-order valence-electron chi connectivity index (χ4n) is 2.65. The number of allylic oxidation sites excluding steroid dienone is 1. The van der Waals surface area contributed by atoms with Gasteiger partial charge in [-0.15, -0.1) is 0 Å². The minimum Gasteiger partial charge on any atom is -0.383 e. The lowest BCUT2D eigenvalue weighted by molar-refractivity contribution is -0.0289. The molecule has 2 rings (SSSR count). The molecule has 1 aromatic heterocycles. The van der Waals surface area contributed by atoms with Crippen molar-refractivity contribution in [2.45, 2.75) is 25.7 Å². The Balaban J connectivity index is 2.08. The van der Waals surface area contributed by atoms with Gasteiger partial charge in [-0.05, 0) is 13.0 Å². The quantitative estimate of drug-likeness (QED) is 0.236. The first-order chi connectivity index (χ1) is 13.7. The molecule has 170 valence electrons. The van der Waals surface area contributed by atoms with E-state index in [1.807, 2.05) is 0 Å². The molecule has 0 spiro atoms. The predicted molar refractivity (Wildman–Crippen MR) is 99.6 cm³/mol. The summed E-state index contributed by atoms with van der Waals surface area (Å²) in [5, 5.41) is 0. The van der Waals surface area contributed by atoms with E-state index < -0.39 is 54.0 Å². The number of ether oxygens (including phenoxy) is 1. The van der Waals surface area contributed by atoms with Gasteiger partial charge in [0.05, 0.1) is 12.7 Å². The molecule has 1 aromatic rings. The van der Waals surface area contributed by atoms with Crippen LogP contribution >= 0.6 is 23.5 Å². The summed E-state index contributed by atoms with van der Waals surface area (Å²) < 4.78 is 52.6. The van der Waals surface area contributed by atoms with E-state index in [-0.39, 0.29) is 12.2 Å². The lowest BCUT2D eigenvalue weighted by Gasteiger charge is -2.20. The van der Waals surface area contributed by atoms with Crippen molar-refractivity contribution in [1.29, 1.82) is 0 Å². The molecule has 0 saturated carbocycles. The molecule has 30 heavy (non-hydrogen) atoms. The highest BCUT2D eigenvalue weighted by molar-refractivity contribution is 7.66. The van der Waals surface area contributed by atoms with E-state index in [0.29, 0.717) is 0 Å². The lowest BCUT2D eigenvalue weighted by atomic mass is 10.0. The Morgan fingerprint density at radius 1 is 1.27 bits per heavy atom. The van der Waals surface area contributed by atoms with Gasteiger partial charge in [-0.1, -0.05) is 12.2 Å². The van der Waals surface area contributed by atoms with E-state index >= 15 is 0 Å². The van der Waals surface area contributed by atoms with Crippen molar-refractivity contribution in [2.24, 2.45) is 5.92 Å². The second-order valence-electron chi connectivity index (χ2n) is 5.98. The largest absolute Gasteiger partial charge is 0.490 e. The van der Waals surface area contributed by atoms with E-state index in [1.54, 1.807) is 19.1 Å². The number of phosphoric acid groups is 3. The van der Waals surface area contributed by atoms with E-state index in [4.69, 9.17) is 25.2 Å². The van der Waals surface area contributed by atoms with Crippen LogP contribution in [0.5, 0.6) is 0 Å². The van der Waals surface area contributed by atoms with Gasteiger partial charge in [-0.3, -0.25) is 9.09 Å². The number of hydrogen-bond donors (Lipinski definition) is 5. The Morgan fingerprint density at radius 3 is 2.50 bits per heavy atom. The highest BCUT2D eigenvalue weighted by Crippen LogP contribution is 2.66. The molecular weight excluding hydrogens is 471 g/mol. The number of aromatic nitrogens is 2. The molecule has 0 aliphatic carbocycles. The normalized spacial score (nSPS) is 26.5. The minimum atomic E-state index is -5.62. The number of nitrogens with two attached hydrogens (primary N) is 1. The topological polar surface area (TPSA) is 230 Å². The highest BCUT2D eigenvalue weighted by Gasteiger charge is 2.42. The van der Waals surface area contributed by atoms with Gasteiger partial charge in [0.2, 0.25) is 0 Å². The summed E-state index contributed by atoms with van der Waals surface area (Å²) >= 11 is 0. The first-order valence-corrected chi connectivity index (χ1v) is 12.6. The van der Waals surface area contributed by atoms with Crippen LogP contribution in [0.1, 0.15) is 19.6 Å². The molecule has 0 aromatic carbocycles. The summed E-state index contributed by atoms with van der Waals surface area (Å²) in [5.74, 6) is -0.375. The first-order valence-electron chi connectivity index (χ1n) is 8.12. The number of rotatable bonds is 9. The molecule has 1 fully saturated rings. The van der Waals surface area contributed by atoms with Crippen LogP contribution in [-0.4, -0.2) is 41.8 Å². The lowest BCUT2D eigenvalue weighted by Crippen LogP contribution is -2.28. The third kappa shape index (κ3) is 7.49. The summed E-state index contributed by atoms with van der Waals surface area (Å²) in [7, 11) is -16.4. The van der Waals surface area contributed by atoms with Crippen molar-refractivity contribution in [3.05, 3.63) is 34.9 Å². The number of hydrogen-bond acceptors (Lipinski definition) is 10. The fourth-order valence-corrected chi connectivity index (χ4v) is 5.68. The van der Waals surface area contributed by atoms with E-state index in [9.17, 15) is 23.4 Å². The Morgan fingerprint density at radius 2 is 1.93 bits per heavy atom. The molecule has 5 atom stereocenters. The van der Waals surface area contributed by atoms with E-state index in [1.165, 1.54) is 12.3 Å².